The number of ether oxygens (including phenoxy) is 3. The van der Waals surface area contributed by atoms with Crippen molar-refractivity contribution in [2.75, 3.05) is 39.5 Å². The van der Waals surface area contributed by atoms with Crippen LogP contribution in [-0.4, -0.2) is 58.2 Å². The van der Waals surface area contributed by atoms with Crippen LogP contribution in [0.3, 0.4) is 0 Å². The first-order valence-electron chi connectivity index (χ1n) is 8.30. The number of halogens is 2. The highest BCUT2D eigenvalue weighted by molar-refractivity contribution is 7.89. The van der Waals surface area contributed by atoms with Crippen molar-refractivity contribution >= 4 is 50.5 Å². The number of hydrogen-bond acceptors (Lipinski definition) is 7. The van der Waals surface area contributed by atoms with Gasteiger partial charge in [0.1, 0.15) is 23.3 Å². The summed E-state index contributed by atoms with van der Waals surface area (Å²) in [5.74, 6) is -0.114. The summed E-state index contributed by atoms with van der Waals surface area (Å²) < 4.78 is 42.9. The Morgan fingerprint density at radius 2 is 1.82 bits per heavy atom. The fourth-order valence-electron chi connectivity index (χ4n) is 2.49. The molecule has 11 heteroatoms. The number of rotatable bonds is 7. The van der Waals surface area contributed by atoms with Crippen molar-refractivity contribution in [3.63, 3.8) is 0 Å². The summed E-state index contributed by atoms with van der Waals surface area (Å²) in [6.45, 7) is 1.58. The van der Waals surface area contributed by atoms with E-state index in [1.54, 1.807) is 12.1 Å². The van der Waals surface area contributed by atoms with Crippen molar-refractivity contribution in [3.05, 3.63) is 44.6 Å². The van der Waals surface area contributed by atoms with Crippen LogP contribution in [-0.2, 0) is 19.5 Å². The van der Waals surface area contributed by atoms with Crippen LogP contribution in [0.2, 0.25) is 8.67 Å². The maximum atomic E-state index is 12.6. The molecule has 1 fully saturated rings. The number of sulfonamides is 1. The molecule has 0 unspecified atom stereocenters. The van der Waals surface area contributed by atoms with Gasteiger partial charge in [0.25, 0.3) is 0 Å². The van der Waals surface area contributed by atoms with Gasteiger partial charge in [-0.1, -0.05) is 23.2 Å². The number of esters is 1. The molecule has 0 N–H and O–H groups in total. The summed E-state index contributed by atoms with van der Waals surface area (Å²) in [5.41, 5.74) is 0.217. The molecule has 1 aliphatic heterocycles. The van der Waals surface area contributed by atoms with E-state index in [1.165, 1.54) is 22.5 Å². The summed E-state index contributed by atoms with van der Waals surface area (Å²) >= 11 is 12.8. The topological polar surface area (TPSA) is 82.1 Å². The Morgan fingerprint density at radius 1 is 1.14 bits per heavy atom. The minimum Gasteiger partial charge on any atom is -0.490 e. The van der Waals surface area contributed by atoms with Gasteiger partial charge in [-0.2, -0.15) is 4.31 Å². The molecule has 3 rings (SSSR count). The molecule has 0 amide bonds. The van der Waals surface area contributed by atoms with E-state index in [0.29, 0.717) is 36.4 Å². The van der Waals surface area contributed by atoms with Gasteiger partial charge in [-0.25, -0.2) is 13.2 Å². The Bertz CT molecular complexity index is 924. The van der Waals surface area contributed by atoms with Gasteiger partial charge in [0.2, 0.25) is 10.0 Å². The average Bonchev–Trinajstić information content (AvgIpc) is 3.04. The highest BCUT2D eigenvalue weighted by Crippen LogP contribution is 2.31. The van der Waals surface area contributed by atoms with Gasteiger partial charge >= 0.3 is 5.97 Å². The Balaban J connectivity index is 1.49. The van der Waals surface area contributed by atoms with Gasteiger partial charge in [-0.05, 0) is 30.3 Å². The van der Waals surface area contributed by atoms with E-state index >= 15 is 0 Å². The number of benzene rings is 1. The molecule has 2 aromatic rings. The maximum absolute atomic E-state index is 12.6. The normalized spacial score (nSPS) is 15.4. The summed E-state index contributed by atoms with van der Waals surface area (Å²) in [5, 5.41) is 0. The summed E-state index contributed by atoms with van der Waals surface area (Å²) in [6.07, 6.45) is 0. The molecule has 0 atom stereocenters. The molecule has 28 heavy (non-hydrogen) atoms. The van der Waals surface area contributed by atoms with Crippen molar-refractivity contribution in [2.24, 2.45) is 0 Å². The molecule has 7 nitrogen and oxygen atoms in total. The van der Waals surface area contributed by atoms with Crippen molar-refractivity contribution in [1.29, 1.82) is 0 Å². The van der Waals surface area contributed by atoms with Crippen LogP contribution in [0.5, 0.6) is 5.75 Å². The lowest BCUT2D eigenvalue weighted by atomic mass is 10.3. The lowest BCUT2D eigenvalue weighted by Gasteiger charge is -2.26. The van der Waals surface area contributed by atoms with Crippen LogP contribution in [0, 0.1) is 0 Å². The van der Waals surface area contributed by atoms with E-state index in [1.807, 2.05) is 0 Å². The molecule has 1 aromatic carbocycles. The van der Waals surface area contributed by atoms with E-state index in [9.17, 15) is 13.2 Å². The molecule has 2 heterocycles. The van der Waals surface area contributed by atoms with Crippen LogP contribution >= 0.6 is 34.5 Å². The largest absolute Gasteiger partial charge is 0.490 e. The minimum absolute atomic E-state index is 0.0104. The van der Waals surface area contributed by atoms with Gasteiger partial charge in [0, 0.05) is 13.1 Å². The average molecular weight is 466 g/mol. The zero-order chi connectivity index (χ0) is 20.1. The predicted octanol–water partition coefficient (Wildman–Crippen LogP) is 3.31. The molecule has 152 valence electrons. The molecule has 1 aliphatic rings. The van der Waals surface area contributed by atoms with E-state index in [4.69, 9.17) is 37.4 Å². The highest BCUT2D eigenvalue weighted by Gasteiger charge is 2.26. The molecule has 1 saturated heterocycles. The summed E-state index contributed by atoms with van der Waals surface area (Å²) in [6, 6.07) is 7.54. The second kappa shape index (κ2) is 9.43. The minimum atomic E-state index is -3.54. The fraction of sp³-hybridized carbons (Fsp3) is 0.353. The third kappa shape index (κ3) is 5.16. The van der Waals surface area contributed by atoms with Crippen molar-refractivity contribution in [3.8, 4) is 5.75 Å². The third-order valence-electron chi connectivity index (χ3n) is 3.89. The summed E-state index contributed by atoms with van der Waals surface area (Å²) in [4.78, 5) is 12.1. The first kappa shape index (κ1) is 21.4. The number of thiophene rings is 1. The molecule has 0 radical (unpaired) electrons. The number of carbonyl (C=O) groups excluding carboxylic acids is 1. The van der Waals surface area contributed by atoms with Gasteiger partial charge < -0.3 is 14.2 Å². The Labute approximate surface area is 176 Å². The maximum Gasteiger partial charge on any atom is 0.340 e. The van der Waals surface area contributed by atoms with Gasteiger partial charge in [-0.15, -0.1) is 11.3 Å². The van der Waals surface area contributed by atoms with Crippen LogP contribution in [0.4, 0.5) is 0 Å². The molecular formula is C17H17Cl2NO6S2. The van der Waals surface area contributed by atoms with Crippen LogP contribution in [0.1, 0.15) is 10.4 Å². The Hall–Kier alpha value is -1.36. The summed E-state index contributed by atoms with van der Waals surface area (Å²) in [7, 11) is -3.54. The molecule has 0 bridgehead atoms. The van der Waals surface area contributed by atoms with Crippen LogP contribution in [0.15, 0.2) is 35.2 Å². The quantitative estimate of drug-likeness (QED) is 0.460. The molecule has 0 spiro atoms. The van der Waals surface area contributed by atoms with Gasteiger partial charge in [0.15, 0.2) is 0 Å². The van der Waals surface area contributed by atoms with Crippen molar-refractivity contribution in [1.82, 2.24) is 4.31 Å². The zero-order valence-electron chi connectivity index (χ0n) is 14.6. The lowest BCUT2D eigenvalue weighted by molar-refractivity contribution is 0.0451. The number of nitrogens with zero attached hydrogens (tertiary/aromatic N) is 1. The Morgan fingerprint density at radius 3 is 2.43 bits per heavy atom. The molecular weight excluding hydrogens is 449 g/mol. The molecule has 0 saturated carbocycles. The molecule has 1 aromatic heterocycles. The van der Waals surface area contributed by atoms with E-state index in [-0.39, 0.29) is 28.0 Å². The zero-order valence-corrected chi connectivity index (χ0v) is 17.7. The first-order valence-corrected chi connectivity index (χ1v) is 11.3. The predicted molar refractivity (Wildman–Crippen MR) is 106 cm³/mol. The first-order chi connectivity index (χ1) is 13.4. The van der Waals surface area contributed by atoms with Crippen molar-refractivity contribution in [2.45, 2.75) is 4.90 Å². The van der Waals surface area contributed by atoms with Gasteiger partial charge in [0.05, 0.1) is 28.0 Å². The Kier molecular flexibility index (Phi) is 7.19. The second-order valence-corrected chi connectivity index (χ2v) is 9.93. The van der Waals surface area contributed by atoms with E-state index in [0.717, 1.165) is 11.3 Å². The van der Waals surface area contributed by atoms with E-state index < -0.39 is 16.0 Å². The van der Waals surface area contributed by atoms with Gasteiger partial charge in [-0.3, -0.25) is 0 Å². The van der Waals surface area contributed by atoms with Crippen molar-refractivity contribution < 1.29 is 27.4 Å². The smallest absolute Gasteiger partial charge is 0.340 e. The number of hydrogen-bond donors (Lipinski definition) is 0. The molecule has 0 aliphatic carbocycles. The number of morpholine rings is 1. The number of carbonyl (C=O) groups is 1. The SMILES string of the molecule is O=C(OCCOc1ccc(S(=O)(=O)N2CCOCC2)cc1)c1cc(Cl)sc1Cl. The monoisotopic (exact) mass is 465 g/mol. The highest BCUT2D eigenvalue weighted by atomic mass is 35.5. The third-order valence-corrected chi connectivity index (χ3v) is 7.29. The van der Waals surface area contributed by atoms with Crippen LogP contribution in [0.25, 0.3) is 0 Å². The second-order valence-electron chi connectivity index (χ2n) is 5.71. The lowest BCUT2D eigenvalue weighted by Crippen LogP contribution is -2.40. The fourth-order valence-corrected chi connectivity index (χ4v) is 5.34. The van der Waals surface area contributed by atoms with Crippen LogP contribution < -0.4 is 4.74 Å². The van der Waals surface area contributed by atoms with E-state index in [2.05, 4.69) is 0 Å². The standard InChI is InChI=1S/C17H17Cl2NO6S2/c18-15-11-14(16(19)27-15)17(21)26-10-9-25-12-1-3-13(4-2-12)28(22,23)20-5-7-24-8-6-20/h1-4,11H,5-10H2.